The molecule has 1 saturated heterocycles. The van der Waals surface area contributed by atoms with Gasteiger partial charge in [-0.1, -0.05) is 26.2 Å². The first-order chi connectivity index (χ1) is 8.38. The van der Waals surface area contributed by atoms with E-state index in [1.54, 1.807) is 0 Å². The lowest BCUT2D eigenvalue weighted by Gasteiger charge is -2.45. The van der Waals surface area contributed by atoms with E-state index in [1.165, 1.54) is 64.6 Å². The summed E-state index contributed by atoms with van der Waals surface area (Å²) in [6.45, 7) is 6.19. The number of nitrogens with zero attached hydrogens (tertiary/aromatic N) is 1. The highest BCUT2D eigenvalue weighted by molar-refractivity contribution is 4.96. The summed E-state index contributed by atoms with van der Waals surface area (Å²) in [6, 6.07) is 1.66. The Balaban J connectivity index is 1.59. The number of rotatable bonds is 3. The van der Waals surface area contributed by atoms with E-state index >= 15 is 0 Å². The average Bonchev–Trinajstić information content (AvgIpc) is 3.23. The van der Waals surface area contributed by atoms with Crippen LogP contribution in [-0.2, 0) is 0 Å². The third-order valence-corrected chi connectivity index (χ3v) is 5.28. The van der Waals surface area contributed by atoms with Crippen LogP contribution in [0.15, 0.2) is 0 Å². The number of piperazine rings is 1. The highest BCUT2D eigenvalue weighted by Crippen LogP contribution is 2.36. The van der Waals surface area contributed by atoms with Crippen molar-refractivity contribution in [1.82, 2.24) is 10.2 Å². The standard InChI is InChI=1S/C15H28N2/c1-2-17-11-14(12-8-9-12)16-10-15(17)13-6-4-3-5-7-13/h12-16H,2-11H2,1H3. The molecule has 1 N–H and O–H groups in total. The van der Waals surface area contributed by atoms with Gasteiger partial charge in [-0.15, -0.1) is 0 Å². The maximum Gasteiger partial charge on any atom is 0.0249 e. The van der Waals surface area contributed by atoms with Gasteiger partial charge in [0.15, 0.2) is 0 Å². The van der Waals surface area contributed by atoms with E-state index in [0.717, 1.165) is 23.9 Å². The van der Waals surface area contributed by atoms with Gasteiger partial charge in [0, 0.05) is 25.2 Å². The van der Waals surface area contributed by atoms with E-state index in [2.05, 4.69) is 17.1 Å². The minimum Gasteiger partial charge on any atom is -0.311 e. The molecule has 1 aliphatic heterocycles. The molecule has 0 spiro atoms. The summed E-state index contributed by atoms with van der Waals surface area (Å²) < 4.78 is 0. The smallest absolute Gasteiger partial charge is 0.0249 e. The molecule has 0 aromatic heterocycles. The molecular formula is C15H28N2. The minimum absolute atomic E-state index is 0.815. The van der Waals surface area contributed by atoms with E-state index in [-0.39, 0.29) is 0 Å². The maximum atomic E-state index is 3.85. The SMILES string of the molecule is CCN1CC(C2CC2)NCC1C1CCCCC1. The topological polar surface area (TPSA) is 15.3 Å². The molecule has 2 unspecified atom stereocenters. The zero-order valence-electron chi connectivity index (χ0n) is 11.3. The van der Waals surface area contributed by atoms with Crippen LogP contribution in [0.1, 0.15) is 51.9 Å². The van der Waals surface area contributed by atoms with Crippen LogP contribution < -0.4 is 5.32 Å². The fourth-order valence-corrected chi connectivity index (χ4v) is 4.02. The van der Waals surface area contributed by atoms with Gasteiger partial charge in [0.25, 0.3) is 0 Å². The predicted octanol–water partition coefficient (Wildman–Crippen LogP) is 2.64. The van der Waals surface area contributed by atoms with Gasteiger partial charge in [0.2, 0.25) is 0 Å². The molecular weight excluding hydrogens is 208 g/mol. The van der Waals surface area contributed by atoms with Gasteiger partial charge >= 0.3 is 0 Å². The third-order valence-electron chi connectivity index (χ3n) is 5.28. The third kappa shape index (κ3) is 2.68. The van der Waals surface area contributed by atoms with E-state index in [4.69, 9.17) is 0 Å². The van der Waals surface area contributed by atoms with Gasteiger partial charge in [-0.3, -0.25) is 4.90 Å². The fourth-order valence-electron chi connectivity index (χ4n) is 4.02. The van der Waals surface area contributed by atoms with Crippen molar-refractivity contribution in [3.8, 4) is 0 Å². The molecule has 0 radical (unpaired) electrons. The van der Waals surface area contributed by atoms with Crippen molar-refractivity contribution in [2.24, 2.45) is 11.8 Å². The number of likely N-dealkylation sites (N-methyl/N-ethyl adjacent to an activating group) is 1. The van der Waals surface area contributed by atoms with Crippen LogP contribution in [0.25, 0.3) is 0 Å². The Hall–Kier alpha value is -0.0800. The second-order valence-electron chi connectivity index (χ2n) is 6.41. The van der Waals surface area contributed by atoms with Crippen LogP contribution in [-0.4, -0.2) is 36.6 Å². The summed E-state index contributed by atoms with van der Waals surface area (Å²) in [5.41, 5.74) is 0. The second-order valence-corrected chi connectivity index (χ2v) is 6.41. The summed E-state index contributed by atoms with van der Waals surface area (Å²) in [5.74, 6) is 1.99. The first kappa shape index (κ1) is 12.0. The highest BCUT2D eigenvalue weighted by Gasteiger charge is 2.38. The molecule has 2 heteroatoms. The van der Waals surface area contributed by atoms with Crippen molar-refractivity contribution in [2.75, 3.05) is 19.6 Å². The number of hydrogen-bond donors (Lipinski definition) is 1. The van der Waals surface area contributed by atoms with Crippen molar-refractivity contribution in [2.45, 2.75) is 64.0 Å². The van der Waals surface area contributed by atoms with Crippen LogP contribution in [0.5, 0.6) is 0 Å². The van der Waals surface area contributed by atoms with Crippen molar-refractivity contribution in [1.29, 1.82) is 0 Å². The van der Waals surface area contributed by atoms with Crippen molar-refractivity contribution < 1.29 is 0 Å². The largest absolute Gasteiger partial charge is 0.311 e. The van der Waals surface area contributed by atoms with Gasteiger partial charge in [0.1, 0.15) is 0 Å². The molecule has 1 heterocycles. The molecule has 3 aliphatic rings. The molecule has 3 rings (SSSR count). The Bertz CT molecular complexity index is 243. The molecule has 98 valence electrons. The van der Waals surface area contributed by atoms with Crippen LogP contribution in [0.2, 0.25) is 0 Å². The van der Waals surface area contributed by atoms with E-state index < -0.39 is 0 Å². The van der Waals surface area contributed by atoms with Crippen molar-refractivity contribution >= 4 is 0 Å². The maximum absolute atomic E-state index is 3.85. The van der Waals surface area contributed by atoms with E-state index in [0.29, 0.717) is 0 Å². The monoisotopic (exact) mass is 236 g/mol. The fraction of sp³-hybridized carbons (Fsp3) is 1.00. The molecule has 0 aromatic carbocycles. The molecule has 0 bridgehead atoms. The molecule has 2 atom stereocenters. The van der Waals surface area contributed by atoms with Gasteiger partial charge in [-0.2, -0.15) is 0 Å². The Morgan fingerprint density at radius 2 is 1.76 bits per heavy atom. The lowest BCUT2D eigenvalue weighted by molar-refractivity contribution is 0.0718. The number of hydrogen-bond acceptors (Lipinski definition) is 2. The first-order valence-electron chi connectivity index (χ1n) is 7.86. The Morgan fingerprint density at radius 1 is 1.00 bits per heavy atom. The molecule has 17 heavy (non-hydrogen) atoms. The lowest BCUT2D eigenvalue weighted by Crippen LogP contribution is -2.59. The molecule has 3 fully saturated rings. The summed E-state index contributed by atoms with van der Waals surface area (Å²) >= 11 is 0. The molecule has 2 saturated carbocycles. The van der Waals surface area contributed by atoms with Crippen molar-refractivity contribution in [3.63, 3.8) is 0 Å². The first-order valence-corrected chi connectivity index (χ1v) is 7.86. The predicted molar refractivity (Wildman–Crippen MR) is 72.1 cm³/mol. The van der Waals surface area contributed by atoms with Gasteiger partial charge in [-0.05, 0) is 44.1 Å². The summed E-state index contributed by atoms with van der Waals surface area (Å²) in [6.07, 6.45) is 10.4. The molecule has 0 amide bonds. The molecule has 2 aliphatic carbocycles. The lowest BCUT2D eigenvalue weighted by atomic mass is 9.82. The van der Waals surface area contributed by atoms with Gasteiger partial charge < -0.3 is 5.32 Å². The summed E-state index contributed by atoms with van der Waals surface area (Å²) in [7, 11) is 0. The van der Waals surface area contributed by atoms with Gasteiger partial charge in [0.05, 0.1) is 0 Å². The van der Waals surface area contributed by atoms with E-state index in [1.807, 2.05) is 0 Å². The highest BCUT2D eigenvalue weighted by atomic mass is 15.2. The Morgan fingerprint density at radius 3 is 2.41 bits per heavy atom. The van der Waals surface area contributed by atoms with Gasteiger partial charge in [-0.25, -0.2) is 0 Å². The van der Waals surface area contributed by atoms with Crippen molar-refractivity contribution in [3.05, 3.63) is 0 Å². The summed E-state index contributed by atoms with van der Waals surface area (Å²) in [4.78, 5) is 2.79. The molecule has 2 nitrogen and oxygen atoms in total. The Labute approximate surface area is 106 Å². The Kier molecular flexibility index (Phi) is 3.72. The quantitative estimate of drug-likeness (QED) is 0.810. The van der Waals surface area contributed by atoms with Crippen LogP contribution >= 0.6 is 0 Å². The molecule has 0 aromatic rings. The minimum atomic E-state index is 0.815. The zero-order valence-corrected chi connectivity index (χ0v) is 11.3. The number of nitrogens with one attached hydrogen (secondary N) is 1. The van der Waals surface area contributed by atoms with Crippen LogP contribution in [0.3, 0.4) is 0 Å². The second kappa shape index (κ2) is 5.27. The normalized spacial score (nSPS) is 37.2. The van der Waals surface area contributed by atoms with Crippen LogP contribution in [0.4, 0.5) is 0 Å². The summed E-state index contributed by atoms with van der Waals surface area (Å²) in [5, 5.41) is 3.85. The zero-order chi connectivity index (χ0) is 11.7. The van der Waals surface area contributed by atoms with E-state index in [9.17, 15) is 0 Å². The average molecular weight is 236 g/mol. The van der Waals surface area contributed by atoms with Crippen LogP contribution in [0, 0.1) is 11.8 Å².